The molecule has 0 spiro atoms. The number of aryl methyl sites for hydroxylation is 2. The molecule has 0 aliphatic heterocycles. The molecule has 0 fully saturated rings. The highest BCUT2D eigenvalue weighted by molar-refractivity contribution is 6.91. The maximum absolute atomic E-state index is 7.17. The number of benzene rings is 4. The fourth-order valence-electron chi connectivity index (χ4n) is 3.89. The van der Waals surface area contributed by atoms with E-state index in [4.69, 9.17) is 13.6 Å². The van der Waals surface area contributed by atoms with Gasteiger partial charge in [0, 0.05) is 0 Å². The number of hydrogen-bond acceptors (Lipinski definition) is 3. The van der Waals surface area contributed by atoms with Gasteiger partial charge in [-0.1, -0.05) is 84.9 Å². The molecule has 33 heavy (non-hydrogen) atoms. The van der Waals surface area contributed by atoms with Gasteiger partial charge in [-0.15, -0.1) is 0 Å². The highest BCUT2D eigenvalue weighted by Crippen LogP contribution is 2.17. The van der Waals surface area contributed by atoms with Crippen molar-refractivity contribution < 1.29 is 13.6 Å². The van der Waals surface area contributed by atoms with Crippen molar-refractivity contribution in [2.45, 2.75) is 13.8 Å². The Morgan fingerprint density at radius 3 is 1.21 bits per heavy atom. The molecular weight excluding hydrogens is 440 g/mol. The maximum Gasteiger partial charge on any atom is 0.272 e. The molecule has 0 atom stereocenters. The molecule has 0 unspecified atom stereocenters. The molecule has 0 amide bonds. The topological polar surface area (TPSA) is 27.7 Å². The lowest BCUT2D eigenvalue weighted by Gasteiger charge is -2.24. The smallest absolute Gasteiger partial charge is 0.272 e. The molecule has 4 rings (SSSR count). The van der Waals surface area contributed by atoms with Crippen molar-refractivity contribution in [1.82, 2.24) is 0 Å². The normalized spacial score (nSPS) is 11.1. The number of methoxy groups -OCH3 is 2. The van der Waals surface area contributed by atoms with Crippen LogP contribution in [0.2, 0.25) is 0 Å². The summed E-state index contributed by atoms with van der Waals surface area (Å²) in [5.41, 5.74) is 2.23. The van der Waals surface area contributed by atoms with Gasteiger partial charge in [-0.3, -0.25) is 0 Å². The van der Waals surface area contributed by atoms with Gasteiger partial charge in [0.1, 0.15) is 11.5 Å². The number of rotatable bonds is 8. The molecule has 166 valence electrons. The molecule has 0 N–H and O–H groups in total. The maximum atomic E-state index is 7.17. The van der Waals surface area contributed by atoms with Crippen LogP contribution in [0, 0.1) is 13.8 Å². The summed E-state index contributed by atoms with van der Waals surface area (Å²) in [5.74, 6) is 1.79. The number of ether oxygens (including phenoxy) is 2. The fraction of sp³-hybridized carbons (Fsp3) is 0.143. The second kappa shape index (κ2) is 10.7. The molecule has 0 heterocycles. The molecule has 2 radical (unpaired) electrons. The van der Waals surface area contributed by atoms with Crippen molar-refractivity contribution in [3.05, 3.63) is 108 Å². The first-order chi connectivity index (χ1) is 16.1. The van der Waals surface area contributed by atoms with Gasteiger partial charge in [-0.05, 0) is 57.9 Å². The molecule has 0 aromatic heterocycles. The van der Waals surface area contributed by atoms with Crippen LogP contribution < -0.4 is 30.2 Å². The Morgan fingerprint density at radius 1 is 0.485 bits per heavy atom. The van der Waals surface area contributed by atoms with E-state index in [1.807, 2.05) is 12.1 Å². The monoisotopic (exact) mass is 468 g/mol. The van der Waals surface area contributed by atoms with Crippen molar-refractivity contribution in [1.29, 1.82) is 0 Å². The Hall–Kier alpha value is -3.13. The summed E-state index contributed by atoms with van der Waals surface area (Å²) in [5, 5.41) is 4.90. The standard InChI is InChI=1S/C28H28O3Si2/c1-21-19-25(15-17-27(21)29-3)32(23-11-7-5-8-12-23)31-33(24-13-9-6-10-14-24)26-16-18-28(30-4)22(2)20-26/h5-20H,1-4H3. The highest BCUT2D eigenvalue weighted by atomic mass is 28.4. The fourth-order valence-corrected chi connectivity index (χ4v) is 9.41. The summed E-state index contributed by atoms with van der Waals surface area (Å²) in [6, 6.07) is 34.0. The van der Waals surface area contributed by atoms with E-state index < -0.39 is 18.1 Å². The zero-order valence-corrected chi connectivity index (χ0v) is 21.5. The summed E-state index contributed by atoms with van der Waals surface area (Å²) in [4.78, 5) is 0. The van der Waals surface area contributed by atoms with Gasteiger partial charge in [-0.2, -0.15) is 0 Å². The zero-order valence-electron chi connectivity index (χ0n) is 19.5. The SMILES string of the molecule is COc1ccc([Si](O[Si](c2ccccc2)c2ccc(OC)c(C)c2)c2ccccc2)cc1C. The minimum atomic E-state index is -1.51. The Labute approximate surface area is 200 Å². The Morgan fingerprint density at radius 2 is 0.879 bits per heavy atom. The first-order valence-corrected chi connectivity index (χ1v) is 13.7. The van der Waals surface area contributed by atoms with Crippen LogP contribution in [-0.4, -0.2) is 32.3 Å². The van der Waals surface area contributed by atoms with E-state index in [0.29, 0.717) is 0 Å². The first-order valence-electron chi connectivity index (χ1n) is 10.9. The van der Waals surface area contributed by atoms with Crippen molar-refractivity contribution in [2.24, 2.45) is 0 Å². The van der Waals surface area contributed by atoms with E-state index >= 15 is 0 Å². The van der Waals surface area contributed by atoms with Gasteiger partial charge in [0.2, 0.25) is 0 Å². The van der Waals surface area contributed by atoms with Gasteiger partial charge in [0.15, 0.2) is 0 Å². The highest BCUT2D eigenvalue weighted by Gasteiger charge is 2.29. The van der Waals surface area contributed by atoms with Gasteiger partial charge in [-0.25, -0.2) is 0 Å². The molecule has 0 saturated carbocycles. The molecular formula is C28H28O3Si2. The van der Waals surface area contributed by atoms with E-state index in [9.17, 15) is 0 Å². The summed E-state index contributed by atoms with van der Waals surface area (Å²) >= 11 is 0. The predicted molar refractivity (Wildman–Crippen MR) is 139 cm³/mol. The Kier molecular flexibility index (Phi) is 7.44. The van der Waals surface area contributed by atoms with Crippen LogP contribution in [0.15, 0.2) is 97.1 Å². The molecule has 0 saturated heterocycles. The molecule has 0 bridgehead atoms. The lowest BCUT2D eigenvalue weighted by Crippen LogP contribution is -2.56. The van der Waals surface area contributed by atoms with Gasteiger partial charge in [0.05, 0.1) is 14.2 Å². The average molecular weight is 469 g/mol. The average Bonchev–Trinajstić information content (AvgIpc) is 2.86. The third-order valence-electron chi connectivity index (χ3n) is 5.59. The quantitative estimate of drug-likeness (QED) is 0.372. The summed E-state index contributed by atoms with van der Waals surface area (Å²) in [6.45, 7) is 4.17. The molecule has 5 heteroatoms. The third kappa shape index (κ3) is 5.27. The van der Waals surface area contributed by atoms with E-state index in [2.05, 4.69) is 98.8 Å². The predicted octanol–water partition coefficient (Wildman–Crippen LogP) is 3.25. The van der Waals surface area contributed by atoms with Crippen LogP contribution >= 0.6 is 0 Å². The summed E-state index contributed by atoms with van der Waals surface area (Å²) in [7, 11) is 0.407. The second-order valence-electron chi connectivity index (χ2n) is 7.86. The second-order valence-corrected chi connectivity index (χ2v) is 12.3. The molecule has 4 aromatic rings. The lowest BCUT2D eigenvalue weighted by molar-refractivity contribution is 0.412. The van der Waals surface area contributed by atoms with Gasteiger partial charge < -0.3 is 13.6 Å². The van der Waals surface area contributed by atoms with E-state index in [-0.39, 0.29) is 0 Å². The third-order valence-corrected chi connectivity index (χ3v) is 10.6. The first kappa shape index (κ1) is 23.0. The van der Waals surface area contributed by atoms with Crippen LogP contribution in [-0.2, 0) is 4.12 Å². The minimum Gasteiger partial charge on any atom is -0.496 e. The summed E-state index contributed by atoms with van der Waals surface area (Å²) < 4.78 is 18.2. The largest absolute Gasteiger partial charge is 0.496 e. The van der Waals surface area contributed by atoms with Crippen molar-refractivity contribution in [3.63, 3.8) is 0 Å². The van der Waals surface area contributed by atoms with Gasteiger partial charge >= 0.3 is 0 Å². The van der Waals surface area contributed by atoms with E-state index in [1.54, 1.807) is 14.2 Å². The van der Waals surface area contributed by atoms with Crippen LogP contribution in [0.3, 0.4) is 0 Å². The zero-order chi connectivity index (χ0) is 23.2. The van der Waals surface area contributed by atoms with Crippen LogP contribution in [0.5, 0.6) is 11.5 Å². The van der Waals surface area contributed by atoms with Crippen molar-refractivity contribution in [2.75, 3.05) is 14.2 Å². The van der Waals surface area contributed by atoms with Gasteiger partial charge in [0.25, 0.3) is 18.1 Å². The van der Waals surface area contributed by atoms with E-state index in [1.165, 1.54) is 20.7 Å². The molecule has 4 aromatic carbocycles. The van der Waals surface area contributed by atoms with Crippen LogP contribution in [0.25, 0.3) is 0 Å². The molecule has 0 aliphatic carbocycles. The summed E-state index contributed by atoms with van der Waals surface area (Å²) in [6.07, 6.45) is 0. The van der Waals surface area contributed by atoms with Crippen molar-refractivity contribution in [3.8, 4) is 11.5 Å². The lowest BCUT2D eigenvalue weighted by atomic mass is 10.2. The number of hydrogen-bond donors (Lipinski definition) is 0. The van der Waals surface area contributed by atoms with E-state index in [0.717, 1.165) is 22.6 Å². The van der Waals surface area contributed by atoms with Crippen LogP contribution in [0.4, 0.5) is 0 Å². The Bertz CT molecular complexity index is 1100. The van der Waals surface area contributed by atoms with Crippen LogP contribution in [0.1, 0.15) is 11.1 Å². The molecule has 3 nitrogen and oxygen atoms in total. The molecule has 0 aliphatic rings. The van der Waals surface area contributed by atoms with Crippen molar-refractivity contribution >= 4 is 38.8 Å². The Balaban J connectivity index is 1.81. The minimum absolute atomic E-state index is 0.896.